The van der Waals surface area contributed by atoms with Crippen molar-refractivity contribution in [3.63, 3.8) is 0 Å². The van der Waals surface area contributed by atoms with Gasteiger partial charge < -0.3 is 0 Å². The molecule has 1 unspecified atom stereocenters. The second-order valence-electron chi connectivity index (χ2n) is 0.537. The van der Waals surface area contributed by atoms with Gasteiger partial charge in [0.15, 0.2) is 5.82 Å². The van der Waals surface area contributed by atoms with Crippen molar-refractivity contribution in [2.45, 2.75) is 0 Å². The Kier molecular flexibility index (Phi) is 2.81. The maximum absolute atomic E-state index is 10.5. The molecular formula is C2H3FO2P+. The molecule has 0 rings (SSSR count). The van der Waals surface area contributed by atoms with Crippen molar-refractivity contribution in [3.05, 3.63) is 12.4 Å². The molecule has 0 spiro atoms. The highest BCUT2D eigenvalue weighted by Gasteiger charge is 2.08. The summed E-state index contributed by atoms with van der Waals surface area (Å²) in [7, 11) is -2.23. The second-order valence-corrected chi connectivity index (χ2v) is 1.61. The average molecular weight is 109 g/mol. The van der Waals surface area contributed by atoms with Crippen LogP contribution < -0.4 is 0 Å². The molecule has 0 aliphatic carbocycles. The monoisotopic (exact) mass is 109 g/mol. The van der Waals surface area contributed by atoms with Gasteiger partial charge in [0.25, 0.3) is 0 Å². The summed E-state index contributed by atoms with van der Waals surface area (Å²) in [5.74, 6) is 0.884. The van der Waals surface area contributed by atoms with Crippen LogP contribution in [0.5, 0.6) is 0 Å². The molecule has 0 aromatic heterocycles. The van der Waals surface area contributed by atoms with Crippen molar-refractivity contribution < 1.29 is 13.8 Å². The third-order valence-electron chi connectivity index (χ3n) is 0.217. The highest BCUT2D eigenvalue weighted by molar-refractivity contribution is 7.42. The van der Waals surface area contributed by atoms with Crippen LogP contribution in [0.4, 0.5) is 4.53 Å². The van der Waals surface area contributed by atoms with Crippen LogP contribution in [0.3, 0.4) is 0 Å². The average Bonchev–Trinajstić information content (AvgIpc) is 1.65. The standard InChI is InChI=1S/C2H3FO2P/c1-2-6(4)5-3/h2H,1H2/q+1. The summed E-state index contributed by atoms with van der Waals surface area (Å²) in [6, 6.07) is 0. The van der Waals surface area contributed by atoms with E-state index in [-0.39, 0.29) is 0 Å². The zero-order valence-electron chi connectivity index (χ0n) is 2.93. The molecule has 0 fully saturated rings. The van der Waals surface area contributed by atoms with Crippen LogP contribution in [0.25, 0.3) is 0 Å². The number of hydrogen-bond donors (Lipinski definition) is 0. The van der Waals surface area contributed by atoms with Gasteiger partial charge in [-0.3, -0.25) is 0 Å². The van der Waals surface area contributed by atoms with E-state index in [1.165, 1.54) is 0 Å². The molecule has 0 saturated heterocycles. The van der Waals surface area contributed by atoms with Crippen molar-refractivity contribution in [2.75, 3.05) is 0 Å². The molecule has 0 aromatic carbocycles. The Morgan fingerprint density at radius 3 is 2.50 bits per heavy atom. The molecule has 2 nitrogen and oxygen atoms in total. The SMILES string of the molecule is C=C[P+](=O)OF. The van der Waals surface area contributed by atoms with E-state index in [2.05, 4.69) is 11.3 Å². The topological polar surface area (TPSA) is 26.3 Å². The molecule has 4 heteroatoms. The molecule has 0 aromatic rings. The van der Waals surface area contributed by atoms with Crippen molar-refractivity contribution in [2.24, 2.45) is 0 Å². The number of halogens is 1. The Bertz CT molecular complexity index is 71.9. The highest BCUT2D eigenvalue weighted by Crippen LogP contribution is 2.21. The summed E-state index contributed by atoms with van der Waals surface area (Å²) in [4.78, 5) is 0. The molecule has 0 radical (unpaired) electrons. The van der Waals surface area contributed by atoms with Gasteiger partial charge in [0.05, 0.1) is 4.73 Å². The van der Waals surface area contributed by atoms with Gasteiger partial charge in [-0.05, 0) is 11.1 Å². The first kappa shape index (κ1) is 5.73. The zero-order valence-corrected chi connectivity index (χ0v) is 3.82. The largest absolute Gasteiger partial charge is 0.576 e. The minimum Gasteiger partial charge on any atom is -0.0497 e. The molecule has 0 N–H and O–H groups in total. The van der Waals surface area contributed by atoms with E-state index in [4.69, 9.17) is 0 Å². The van der Waals surface area contributed by atoms with Gasteiger partial charge in [-0.2, -0.15) is 0 Å². The summed E-state index contributed by atoms with van der Waals surface area (Å²) >= 11 is 0. The van der Waals surface area contributed by atoms with E-state index in [0.29, 0.717) is 0 Å². The molecule has 1 atom stereocenters. The van der Waals surface area contributed by atoms with E-state index in [1.54, 1.807) is 0 Å². The summed E-state index contributed by atoms with van der Waals surface area (Å²) < 4.78 is 22.9. The third kappa shape index (κ3) is 2.00. The van der Waals surface area contributed by atoms with Gasteiger partial charge in [0.2, 0.25) is 0 Å². The highest BCUT2D eigenvalue weighted by atomic mass is 31.1. The first-order valence-electron chi connectivity index (χ1n) is 1.19. The molecule has 0 heterocycles. The molecular weight excluding hydrogens is 106 g/mol. The number of rotatable bonds is 2. The fourth-order valence-corrected chi connectivity index (χ4v) is 0.0845. The summed E-state index contributed by atoms with van der Waals surface area (Å²) in [5.41, 5.74) is 0. The Hall–Kier alpha value is -0.270. The number of hydrogen-bond acceptors (Lipinski definition) is 2. The van der Waals surface area contributed by atoms with Crippen molar-refractivity contribution in [1.82, 2.24) is 0 Å². The van der Waals surface area contributed by atoms with E-state index in [0.717, 1.165) is 5.82 Å². The first-order valence-corrected chi connectivity index (χ1v) is 2.43. The quantitative estimate of drug-likeness (QED) is 0.505. The fourth-order valence-electron chi connectivity index (χ4n) is 0.0282. The first-order chi connectivity index (χ1) is 2.81. The maximum Gasteiger partial charge on any atom is 0.576 e. The van der Waals surface area contributed by atoms with Gasteiger partial charge in [-0.25, -0.2) is 0 Å². The zero-order chi connectivity index (χ0) is 4.99. The minimum atomic E-state index is -2.23. The van der Waals surface area contributed by atoms with Crippen LogP contribution in [-0.2, 0) is 9.29 Å². The molecule has 0 aliphatic rings. The molecule has 0 bridgehead atoms. The Morgan fingerprint density at radius 2 is 2.50 bits per heavy atom. The fraction of sp³-hybridized carbons (Fsp3) is 0. The van der Waals surface area contributed by atoms with Crippen LogP contribution in [0.1, 0.15) is 0 Å². The summed E-state index contributed by atoms with van der Waals surface area (Å²) in [6.45, 7) is 2.98. The maximum atomic E-state index is 10.5. The Morgan fingerprint density at radius 1 is 2.00 bits per heavy atom. The lowest BCUT2D eigenvalue weighted by atomic mass is 11.3. The van der Waals surface area contributed by atoms with Crippen LogP contribution in [0.2, 0.25) is 0 Å². The predicted molar refractivity (Wildman–Crippen MR) is 20.0 cm³/mol. The van der Waals surface area contributed by atoms with Crippen molar-refractivity contribution in [1.29, 1.82) is 0 Å². The van der Waals surface area contributed by atoms with Gasteiger partial charge >= 0.3 is 8.03 Å². The minimum absolute atomic E-state index is 0.884. The van der Waals surface area contributed by atoms with Crippen LogP contribution in [-0.4, -0.2) is 0 Å². The normalized spacial score (nSPS) is 10.5. The van der Waals surface area contributed by atoms with E-state index < -0.39 is 8.03 Å². The van der Waals surface area contributed by atoms with Gasteiger partial charge in [-0.1, -0.05) is 0 Å². The third-order valence-corrected chi connectivity index (χ3v) is 0.651. The van der Waals surface area contributed by atoms with Gasteiger partial charge in [0.1, 0.15) is 0 Å². The second kappa shape index (κ2) is 2.94. The smallest absolute Gasteiger partial charge is 0.0497 e. The van der Waals surface area contributed by atoms with Crippen LogP contribution >= 0.6 is 8.03 Å². The van der Waals surface area contributed by atoms with Crippen molar-refractivity contribution in [3.8, 4) is 0 Å². The van der Waals surface area contributed by atoms with E-state index in [9.17, 15) is 9.09 Å². The lowest BCUT2D eigenvalue weighted by molar-refractivity contribution is 0.00702. The molecule has 0 aliphatic heterocycles. The van der Waals surface area contributed by atoms with Crippen LogP contribution in [0.15, 0.2) is 12.4 Å². The van der Waals surface area contributed by atoms with E-state index in [1.807, 2.05) is 0 Å². The summed E-state index contributed by atoms with van der Waals surface area (Å²) in [5, 5.41) is 0. The molecule has 34 valence electrons. The molecule has 0 saturated carbocycles. The van der Waals surface area contributed by atoms with Gasteiger partial charge in [0, 0.05) is 4.53 Å². The summed E-state index contributed by atoms with van der Waals surface area (Å²) in [6.07, 6.45) is 0. The lowest BCUT2D eigenvalue weighted by Gasteiger charge is -1.53. The lowest BCUT2D eigenvalue weighted by Crippen LogP contribution is -1.45. The van der Waals surface area contributed by atoms with E-state index >= 15 is 0 Å². The van der Waals surface area contributed by atoms with Crippen LogP contribution in [0, 0.1) is 0 Å². The Labute approximate surface area is 35.4 Å². The molecule has 0 amide bonds. The predicted octanol–water partition coefficient (Wildman–Crippen LogP) is 1.77. The van der Waals surface area contributed by atoms with Crippen molar-refractivity contribution >= 4 is 8.03 Å². The Balaban J connectivity index is 3.23. The molecule has 6 heavy (non-hydrogen) atoms. The van der Waals surface area contributed by atoms with Gasteiger partial charge in [-0.15, -0.1) is 0 Å².